The maximum Gasteiger partial charge on any atom is 0.475 e. The van der Waals surface area contributed by atoms with Crippen molar-refractivity contribution < 1.29 is 24.0 Å². The van der Waals surface area contributed by atoms with Gasteiger partial charge in [-0.1, -0.05) is 42.5 Å². The van der Waals surface area contributed by atoms with Gasteiger partial charge in [0, 0.05) is 5.39 Å². The van der Waals surface area contributed by atoms with Crippen molar-refractivity contribution in [3.8, 4) is 0 Å². The molecule has 1 aromatic heterocycles. The van der Waals surface area contributed by atoms with Gasteiger partial charge in [-0.25, -0.2) is 0 Å². The molecule has 2 bridgehead atoms. The number of furan rings is 1. The Morgan fingerprint density at radius 1 is 1.21 bits per heavy atom. The molecule has 3 heterocycles. The van der Waals surface area contributed by atoms with Crippen LogP contribution in [0.2, 0.25) is 0 Å². The van der Waals surface area contributed by atoms with Crippen LogP contribution in [0.25, 0.3) is 11.0 Å². The summed E-state index contributed by atoms with van der Waals surface area (Å²) in [4.78, 5) is 13.2. The molecule has 0 aliphatic carbocycles. The minimum Gasteiger partial charge on any atom is -0.464 e. The number of hydrogen-bond donors (Lipinski definition) is 3. The number of carbonyl (C=O) groups is 1. The Morgan fingerprint density at radius 2 is 2.00 bits per heavy atom. The van der Waals surface area contributed by atoms with Gasteiger partial charge in [0.15, 0.2) is 5.60 Å². The highest BCUT2D eigenvalue weighted by Gasteiger charge is 2.55. The Kier molecular flexibility index (Phi) is 4.05. The van der Waals surface area contributed by atoms with Crippen LogP contribution in [-0.4, -0.2) is 29.0 Å². The van der Waals surface area contributed by atoms with E-state index in [9.17, 15) is 14.8 Å². The van der Waals surface area contributed by atoms with E-state index in [-0.39, 0.29) is 18.4 Å². The van der Waals surface area contributed by atoms with E-state index >= 15 is 0 Å². The number of benzene rings is 2. The highest BCUT2D eigenvalue weighted by atomic mass is 16.5. The van der Waals surface area contributed by atoms with Crippen LogP contribution < -0.4 is 5.32 Å². The van der Waals surface area contributed by atoms with Gasteiger partial charge in [0.05, 0.1) is 18.3 Å². The van der Waals surface area contributed by atoms with Crippen molar-refractivity contribution >= 4 is 24.0 Å². The predicted octanol–water partition coefficient (Wildman–Crippen LogP) is 2.23. The summed E-state index contributed by atoms with van der Waals surface area (Å²) in [6, 6.07) is 15.3. The molecule has 3 N–H and O–H groups in total. The van der Waals surface area contributed by atoms with Crippen LogP contribution in [-0.2, 0) is 21.6 Å². The standard InChI is InChI=1S/C21H20BNO5/c24-20(21-10-9-18(28-21)15-6-1-3-7-16(15)21)23-19(22(25)26)11-13-12-27-17-8-4-2-5-14(13)17/h1-8,12,18-19,25-26H,9-11H2,(H,23,24)/t18-,19+,21+/m0/s1. The molecular formula is C21H20BNO5. The summed E-state index contributed by atoms with van der Waals surface area (Å²) in [5, 5.41) is 23.5. The van der Waals surface area contributed by atoms with Gasteiger partial charge in [0.2, 0.25) is 0 Å². The molecule has 28 heavy (non-hydrogen) atoms. The number of fused-ring (bicyclic) bond motifs is 6. The van der Waals surface area contributed by atoms with Crippen LogP contribution in [0.3, 0.4) is 0 Å². The lowest BCUT2D eigenvalue weighted by atomic mass is 9.74. The van der Waals surface area contributed by atoms with Gasteiger partial charge in [-0.2, -0.15) is 0 Å². The van der Waals surface area contributed by atoms with Crippen molar-refractivity contribution in [3.63, 3.8) is 0 Å². The molecule has 6 nitrogen and oxygen atoms in total. The molecule has 0 unspecified atom stereocenters. The average Bonchev–Trinajstić information content (AvgIpc) is 3.41. The molecular weight excluding hydrogens is 357 g/mol. The third-order valence-corrected chi connectivity index (χ3v) is 5.89. The van der Waals surface area contributed by atoms with Gasteiger partial charge in [-0.15, -0.1) is 0 Å². The van der Waals surface area contributed by atoms with E-state index in [2.05, 4.69) is 5.32 Å². The van der Waals surface area contributed by atoms with Gasteiger partial charge in [-0.3, -0.25) is 4.79 Å². The maximum atomic E-state index is 13.2. The number of para-hydroxylation sites is 1. The fourth-order valence-electron chi connectivity index (χ4n) is 4.49. The highest BCUT2D eigenvalue weighted by molar-refractivity contribution is 6.43. The largest absolute Gasteiger partial charge is 0.475 e. The minimum atomic E-state index is -1.71. The van der Waals surface area contributed by atoms with Gasteiger partial charge < -0.3 is 24.5 Å². The van der Waals surface area contributed by atoms with Crippen LogP contribution in [0, 0.1) is 0 Å². The second-order valence-electron chi connectivity index (χ2n) is 7.51. The zero-order valence-electron chi connectivity index (χ0n) is 15.2. The second-order valence-corrected chi connectivity index (χ2v) is 7.51. The first-order valence-electron chi connectivity index (χ1n) is 9.48. The number of carbonyl (C=O) groups excluding carboxylic acids is 1. The number of nitrogens with one attached hydrogen (secondary N) is 1. The zero-order valence-corrected chi connectivity index (χ0v) is 15.2. The van der Waals surface area contributed by atoms with Crippen molar-refractivity contribution in [2.24, 2.45) is 0 Å². The number of amides is 1. The van der Waals surface area contributed by atoms with E-state index in [1.165, 1.54) is 0 Å². The zero-order chi connectivity index (χ0) is 19.3. The molecule has 0 saturated carbocycles. The summed E-state index contributed by atoms with van der Waals surface area (Å²) in [6.45, 7) is 0. The average molecular weight is 377 g/mol. The lowest BCUT2D eigenvalue weighted by Crippen LogP contribution is -2.53. The third kappa shape index (κ3) is 2.58. The molecule has 1 saturated heterocycles. The van der Waals surface area contributed by atoms with Crippen molar-refractivity contribution in [1.82, 2.24) is 5.32 Å². The number of ether oxygens (including phenoxy) is 1. The van der Waals surface area contributed by atoms with Crippen molar-refractivity contribution in [3.05, 3.63) is 71.5 Å². The van der Waals surface area contributed by atoms with E-state index in [0.29, 0.717) is 6.42 Å². The van der Waals surface area contributed by atoms with Gasteiger partial charge in [-0.05, 0) is 42.0 Å². The van der Waals surface area contributed by atoms with Crippen molar-refractivity contribution in [2.45, 2.75) is 36.9 Å². The fraction of sp³-hybridized carbons (Fsp3) is 0.286. The summed E-state index contributed by atoms with van der Waals surface area (Å²) in [6.07, 6.45) is 3.13. The Morgan fingerprint density at radius 3 is 2.86 bits per heavy atom. The first-order chi connectivity index (χ1) is 13.6. The molecule has 2 aromatic carbocycles. The third-order valence-electron chi connectivity index (χ3n) is 5.89. The SMILES string of the molecule is O=C(N[C@H](Cc1coc2ccccc12)B(O)O)[C@]12CC[C@H](O1)c1ccccc12. The topological polar surface area (TPSA) is 91.9 Å². The Labute approximate surface area is 162 Å². The lowest BCUT2D eigenvalue weighted by molar-refractivity contribution is -0.144. The number of hydrogen-bond acceptors (Lipinski definition) is 5. The monoisotopic (exact) mass is 377 g/mol. The normalized spacial score (nSPS) is 23.6. The van der Waals surface area contributed by atoms with Gasteiger partial charge >= 0.3 is 7.12 Å². The number of rotatable bonds is 5. The summed E-state index contributed by atoms with van der Waals surface area (Å²) < 4.78 is 11.6. The van der Waals surface area contributed by atoms with Crippen molar-refractivity contribution in [1.29, 1.82) is 0 Å². The summed E-state index contributed by atoms with van der Waals surface area (Å²) in [5.41, 5.74) is 2.41. The molecule has 7 heteroatoms. The molecule has 2 aliphatic rings. The molecule has 2 aliphatic heterocycles. The molecule has 1 amide bonds. The molecule has 1 fully saturated rings. The minimum absolute atomic E-state index is 0.0720. The van der Waals surface area contributed by atoms with E-state index in [1.54, 1.807) is 6.26 Å². The summed E-state index contributed by atoms with van der Waals surface area (Å²) >= 11 is 0. The van der Waals surface area contributed by atoms with Gasteiger partial charge in [0.1, 0.15) is 5.58 Å². The van der Waals surface area contributed by atoms with Crippen LogP contribution in [0.5, 0.6) is 0 Å². The Balaban J connectivity index is 1.41. The molecule has 142 valence electrons. The summed E-state index contributed by atoms with van der Waals surface area (Å²) in [7, 11) is -1.71. The summed E-state index contributed by atoms with van der Waals surface area (Å²) in [5.74, 6) is -1.20. The molecule has 5 rings (SSSR count). The molecule has 3 atom stereocenters. The predicted molar refractivity (Wildman–Crippen MR) is 103 cm³/mol. The Hall–Kier alpha value is -2.61. The van der Waals surface area contributed by atoms with E-state index in [0.717, 1.165) is 34.1 Å². The van der Waals surface area contributed by atoms with Gasteiger partial charge in [0.25, 0.3) is 5.91 Å². The smallest absolute Gasteiger partial charge is 0.464 e. The van der Waals surface area contributed by atoms with Crippen LogP contribution in [0.4, 0.5) is 0 Å². The van der Waals surface area contributed by atoms with Crippen LogP contribution in [0.15, 0.2) is 59.2 Å². The van der Waals surface area contributed by atoms with Crippen LogP contribution in [0.1, 0.15) is 35.6 Å². The first-order valence-corrected chi connectivity index (χ1v) is 9.48. The van der Waals surface area contributed by atoms with E-state index in [1.807, 2.05) is 48.5 Å². The molecule has 0 spiro atoms. The fourth-order valence-corrected chi connectivity index (χ4v) is 4.49. The second kappa shape index (κ2) is 6.48. The molecule has 0 radical (unpaired) electrons. The Bertz CT molecular complexity index is 1050. The molecule has 3 aromatic rings. The first kappa shape index (κ1) is 17.5. The highest BCUT2D eigenvalue weighted by Crippen LogP contribution is 2.54. The van der Waals surface area contributed by atoms with E-state index in [4.69, 9.17) is 9.15 Å². The maximum absolute atomic E-state index is 13.2. The van der Waals surface area contributed by atoms with E-state index < -0.39 is 18.7 Å². The quantitative estimate of drug-likeness (QED) is 0.593. The lowest BCUT2D eigenvalue weighted by Gasteiger charge is -2.28. The van der Waals surface area contributed by atoms with Crippen LogP contribution >= 0.6 is 0 Å². The van der Waals surface area contributed by atoms with Crippen molar-refractivity contribution in [2.75, 3.05) is 0 Å².